The second-order valence-electron chi connectivity index (χ2n) is 8.19. The van der Waals surface area contributed by atoms with Gasteiger partial charge in [-0.1, -0.05) is 26.7 Å². The Labute approximate surface area is 180 Å². The maximum Gasteiger partial charge on any atom is 0.238 e. The fraction of sp³-hybridized carbons (Fsp3) is 0.652. The molecule has 2 rings (SSSR count). The fourth-order valence-electron chi connectivity index (χ4n) is 3.91. The van der Waals surface area contributed by atoms with E-state index < -0.39 is 0 Å². The summed E-state index contributed by atoms with van der Waals surface area (Å²) in [7, 11) is 1.77. The highest BCUT2D eigenvalue weighted by Crippen LogP contribution is 2.31. The molecule has 2 N–H and O–H groups in total. The molecule has 0 spiro atoms. The minimum Gasteiger partial charge on any atom is -0.490 e. The van der Waals surface area contributed by atoms with Crippen LogP contribution < -0.4 is 20.1 Å². The number of hydrogen-bond acceptors (Lipinski definition) is 5. The van der Waals surface area contributed by atoms with E-state index in [2.05, 4.69) is 24.5 Å². The third-order valence-electron chi connectivity index (χ3n) is 5.71. The number of benzene rings is 1. The molecule has 0 saturated heterocycles. The van der Waals surface area contributed by atoms with Crippen LogP contribution in [0.3, 0.4) is 0 Å². The third kappa shape index (κ3) is 7.20. The standard InChI is InChI=1S/C23H37N3O4/c1-6-29-20-12-11-18(13-21(20)30-7-2)24-22(27)14-26(5)15-23(28)25-19-10-8-9-16(3)17(19)4/h11-13,16-17,19H,6-10,14-15H2,1-5H3,(H,24,27)(H,25,28)/t16-,17+,19-/m1/s1. The second kappa shape index (κ2) is 11.8. The summed E-state index contributed by atoms with van der Waals surface area (Å²) in [4.78, 5) is 26.5. The first kappa shape index (κ1) is 24.0. The molecule has 7 heteroatoms. The van der Waals surface area contributed by atoms with Gasteiger partial charge in [-0.15, -0.1) is 0 Å². The lowest BCUT2D eigenvalue weighted by Gasteiger charge is -2.34. The van der Waals surface area contributed by atoms with Gasteiger partial charge in [-0.25, -0.2) is 0 Å². The zero-order valence-electron chi connectivity index (χ0n) is 19.0. The second-order valence-corrected chi connectivity index (χ2v) is 8.19. The highest BCUT2D eigenvalue weighted by Gasteiger charge is 2.28. The van der Waals surface area contributed by atoms with E-state index >= 15 is 0 Å². The minimum absolute atomic E-state index is 0.0315. The van der Waals surface area contributed by atoms with Crippen LogP contribution in [0, 0.1) is 11.8 Å². The van der Waals surface area contributed by atoms with Crippen LogP contribution in [-0.2, 0) is 9.59 Å². The fourth-order valence-corrected chi connectivity index (χ4v) is 3.91. The minimum atomic E-state index is -0.184. The molecule has 0 unspecified atom stereocenters. The molecule has 7 nitrogen and oxygen atoms in total. The molecule has 0 aromatic heterocycles. The number of hydrogen-bond donors (Lipinski definition) is 2. The smallest absolute Gasteiger partial charge is 0.238 e. The average molecular weight is 420 g/mol. The Morgan fingerprint density at radius 1 is 1.03 bits per heavy atom. The predicted molar refractivity (Wildman–Crippen MR) is 119 cm³/mol. The van der Waals surface area contributed by atoms with Crippen LogP contribution in [0.15, 0.2) is 18.2 Å². The highest BCUT2D eigenvalue weighted by molar-refractivity contribution is 5.93. The molecule has 0 heterocycles. The van der Waals surface area contributed by atoms with Gasteiger partial charge in [-0.3, -0.25) is 14.5 Å². The summed E-state index contributed by atoms with van der Waals surface area (Å²) in [5.74, 6) is 2.14. The lowest BCUT2D eigenvalue weighted by molar-refractivity contribution is -0.124. The molecule has 168 valence electrons. The van der Waals surface area contributed by atoms with Crippen molar-refractivity contribution >= 4 is 17.5 Å². The summed E-state index contributed by atoms with van der Waals surface area (Å²) in [6.07, 6.45) is 3.41. The molecule has 1 saturated carbocycles. The number of nitrogens with zero attached hydrogens (tertiary/aromatic N) is 1. The Kier molecular flexibility index (Phi) is 9.43. The average Bonchev–Trinajstić information content (AvgIpc) is 2.67. The van der Waals surface area contributed by atoms with E-state index in [1.54, 1.807) is 30.1 Å². The monoisotopic (exact) mass is 419 g/mol. The Hall–Kier alpha value is -2.28. The SMILES string of the molecule is CCOc1ccc(NC(=O)CN(C)CC(=O)N[C@@H]2CCC[C@@H](C)[C@@H]2C)cc1OCC. The molecule has 1 aliphatic rings. The van der Waals surface area contributed by atoms with Gasteiger partial charge in [0, 0.05) is 17.8 Å². The Balaban J connectivity index is 1.84. The molecule has 2 amide bonds. The number of anilines is 1. The number of likely N-dealkylation sites (N-methyl/N-ethyl adjacent to an activating group) is 1. The predicted octanol–water partition coefficient (Wildman–Crippen LogP) is 3.30. The number of amides is 2. The Morgan fingerprint density at radius 3 is 2.40 bits per heavy atom. The first-order chi connectivity index (χ1) is 14.3. The van der Waals surface area contributed by atoms with Gasteiger partial charge < -0.3 is 20.1 Å². The van der Waals surface area contributed by atoms with E-state index in [0.717, 1.165) is 12.8 Å². The maximum atomic E-state index is 12.4. The van der Waals surface area contributed by atoms with Crippen LogP contribution in [0.2, 0.25) is 0 Å². The molecule has 3 atom stereocenters. The molecule has 0 aliphatic heterocycles. The van der Waals surface area contributed by atoms with Crippen molar-refractivity contribution in [1.82, 2.24) is 10.2 Å². The summed E-state index contributed by atoms with van der Waals surface area (Å²) in [6.45, 7) is 9.63. The van der Waals surface area contributed by atoms with Crippen molar-refractivity contribution in [1.29, 1.82) is 0 Å². The van der Waals surface area contributed by atoms with E-state index in [9.17, 15) is 9.59 Å². The zero-order chi connectivity index (χ0) is 22.1. The first-order valence-electron chi connectivity index (χ1n) is 11.0. The molecule has 1 fully saturated rings. The van der Waals surface area contributed by atoms with E-state index in [4.69, 9.17) is 9.47 Å². The Bertz CT molecular complexity index is 710. The topological polar surface area (TPSA) is 79.9 Å². The van der Waals surface area contributed by atoms with Crippen LogP contribution in [0.5, 0.6) is 11.5 Å². The van der Waals surface area contributed by atoms with Crippen molar-refractivity contribution in [2.45, 2.75) is 53.0 Å². The van der Waals surface area contributed by atoms with Crippen molar-refractivity contribution < 1.29 is 19.1 Å². The first-order valence-corrected chi connectivity index (χ1v) is 11.0. The van der Waals surface area contributed by atoms with Crippen LogP contribution in [0.1, 0.15) is 47.0 Å². The zero-order valence-corrected chi connectivity index (χ0v) is 19.0. The van der Waals surface area contributed by atoms with Gasteiger partial charge in [0.25, 0.3) is 0 Å². The van der Waals surface area contributed by atoms with Gasteiger partial charge in [0.1, 0.15) is 0 Å². The van der Waals surface area contributed by atoms with E-state index in [1.165, 1.54) is 6.42 Å². The van der Waals surface area contributed by atoms with Gasteiger partial charge in [0.15, 0.2) is 11.5 Å². The van der Waals surface area contributed by atoms with Crippen molar-refractivity contribution in [3.8, 4) is 11.5 Å². The van der Waals surface area contributed by atoms with Crippen molar-refractivity contribution in [2.24, 2.45) is 11.8 Å². The lowest BCUT2D eigenvalue weighted by atomic mass is 9.78. The number of carbonyl (C=O) groups excluding carboxylic acids is 2. The molecular formula is C23H37N3O4. The highest BCUT2D eigenvalue weighted by atomic mass is 16.5. The van der Waals surface area contributed by atoms with Crippen LogP contribution in [0.4, 0.5) is 5.69 Å². The van der Waals surface area contributed by atoms with E-state index in [0.29, 0.717) is 42.2 Å². The summed E-state index contributed by atoms with van der Waals surface area (Å²) < 4.78 is 11.1. The maximum absolute atomic E-state index is 12.4. The number of ether oxygens (including phenoxy) is 2. The van der Waals surface area contributed by atoms with E-state index in [-0.39, 0.29) is 30.9 Å². The van der Waals surface area contributed by atoms with Gasteiger partial charge in [-0.05, 0) is 51.3 Å². The van der Waals surface area contributed by atoms with Crippen molar-refractivity contribution in [3.63, 3.8) is 0 Å². The normalized spacial score (nSPS) is 21.2. The summed E-state index contributed by atoms with van der Waals surface area (Å²) in [6, 6.07) is 5.55. The van der Waals surface area contributed by atoms with E-state index in [1.807, 2.05) is 13.8 Å². The van der Waals surface area contributed by atoms with Crippen molar-refractivity contribution in [2.75, 3.05) is 38.7 Å². The quantitative estimate of drug-likeness (QED) is 0.608. The molecule has 0 bridgehead atoms. The molecule has 0 radical (unpaired) electrons. The third-order valence-corrected chi connectivity index (χ3v) is 5.71. The van der Waals surface area contributed by atoms with Gasteiger partial charge in [0.2, 0.25) is 11.8 Å². The molecule has 30 heavy (non-hydrogen) atoms. The van der Waals surface area contributed by atoms with Crippen LogP contribution >= 0.6 is 0 Å². The molecule has 1 aliphatic carbocycles. The van der Waals surface area contributed by atoms with Crippen molar-refractivity contribution in [3.05, 3.63) is 18.2 Å². The summed E-state index contributed by atoms with van der Waals surface area (Å²) in [5.41, 5.74) is 0.634. The summed E-state index contributed by atoms with van der Waals surface area (Å²) in [5, 5.41) is 6.01. The molecule has 1 aromatic rings. The molecule has 1 aromatic carbocycles. The Morgan fingerprint density at radius 2 is 1.70 bits per heavy atom. The van der Waals surface area contributed by atoms with Gasteiger partial charge >= 0.3 is 0 Å². The number of rotatable bonds is 10. The largest absolute Gasteiger partial charge is 0.490 e. The number of nitrogens with one attached hydrogen (secondary N) is 2. The summed E-state index contributed by atoms with van der Waals surface area (Å²) >= 11 is 0. The molecular weight excluding hydrogens is 382 g/mol. The van der Waals surface area contributed by atoms with Gasteiger partial charge in [-0.2, -0.15) is 0 Å². The van der Waals surface area contributed by atoms with Crippen LogP contribution in [-0.4, -0.2) is 56.1 Å². The van der Waals surface area contributed by atoms with Gasteiger partial charge in [0.05, 0.1) is 26.3 Å². The lowest BCUT2D eigenvalue weighted by Crippen LogP contribution is -2.47. The van der Waals surface area contributed by atoms with Crippen LogP contribution in [0.25, 0.3) is 0 Å². The number of carbonyl (C=O) groups is 2.